The number of allylic oxidation sites excluding steroid dienone is 5. The zero-order valence-corrected chi connectivity index (χ0v) is 26.4. The van der Waals surface area contributed by atoms with Crippen molar-refractivity contribution >= 4 is 27.3 Å². The Labute approximate surface area is 248 Å². The second-order valence-corrected chi connectivity index (χ2v) is 14.6. The molecule has 1 aromatic heterocycles. The van der Waals surface area contributed by atoms with Gasteiger partial charge in [0.15, 0.2) is 0 Å². The Kier molecular flexibility index (Phi) is 10.0. The number of nitrogens with zero attached hydrogens (tertiary/aromatic N) is 2. The summed E-state index contributed by atoms with van der Waals surface area (Å²) in [5.41, 5.74) is 7.16. The molecule has 41 heavy (non-hydrogen) atoms. The molecule has 3 heterocycles. The van der Waals surface area contributed by atoms with Crippen molar-refractivity contribution in [2.24, 2.45) is 5.41 Å². The van der Waals surface area contributed by atoms with Crippen molar-refractivity contribution in [2.75, 3.05) is 13.1 Å². The van der Waals surface area contributed by atoms with Crippen LogP contribution in [0.3, 0.4) is 0 Å². The molecule has 9 nitrogen and oxygen atoms in total. The quantitative estimate of drug-likeness (QED) is 0.314. The van der Waals surface area contributed by atoms with Crippen LogP contribution in [0.4, 0.5) is 0 Å². The van der Waals surface area contributed by atoms with Crippen molar-refractivity contribution in [3.8, 4) is 0 Å². The normalized spacial score (nSPS) is 25.4. The number of rotatable bonds is 10. The van der Waals surface area contributed by atoms with Gasteiger partial charge in [0.05, 0.1) is 12.0 Å². The number of carboxylic acids is 1. The van der Waals surface area contributed by atoms with Gasteiger partial charge >= 0.3 is 5.97 Å². The largest absolute Gasteiger partial charge is 0.488 e. The molecule has 3 aliphatic rings. The highest BCUT2D eigenvalue weighted by Crippen LogP contribution is 2.44. The minimum atomic E-state index is -3.82. The van der Waals surface area contributed by atoms with E-state index in [-0.39, 0.29) is 30.0 Å². The monoisotopic (exact) mass is 604 g/mol. The lowest BCUT2D eigenvalue weighted by atomic mass is 9.75. The number of aryl methyl sites for hydroxylation is 1. The molecule has 0 radical (unpaired) electrons. The fraction of sp³-hybridized carbons (Fsp3) is 0.567. The van der Waals surface area contributed by atoms with E-state index in [2.05, 4.69) is 11.0 Å². The van der Waals surface area contributed by atoms with Gasteiger partial charge in [0.2, 0.25) is 10.0 Å². The van der Waals surface area contributed by atoms with E-state index in [0.717, 1.165) is 46.8 Å². The number of sulfonamides is 1. The van der Waals surface area contributed by atoms with Crippen molar-refractivity contribution in [1.29, 1.82) is 0 Å². The molecule has 0 amide bonds. The Morgan fingerprint density at radius 1 is 1.29 bits per heavy atom. The molecule has 11 heteroatoms. The third kappa shape index (κ3) is 7.07. The lowest BCUT2D eigenvalue weighted by Crippen LogP contribution is -2.36. The molecule has 3 N–H and O–H groups in total. The highest BCUT2D eigenvalue weighted by atomic mass is 32.2. The Hall–Kier alpha value is -2.60. The van der Waals surface area contributed by atoms with Crippen LogP contribution in [-0.2, 0) is 26.1 Å². The smallest absolute Gasteiger partial charge is 0.309 e. The van der Waals surface area contributed by atoms with Crippen molar-refractivity contribution in [3.63, 3.8) is 0 Å². The van der Waals surface area contributed by atoms with Crippen LogP contribution in [0.2, 0.25) is 0 Å². The van der Waals surface area contributed by atoms with Gasteiger partial charge in [-0.1, -0.05) is 19.1 Å². The summed E-state index contributed by atoms with van der Waals surface area (Å²) in [6.45, 7) is 10.9. The SMILES string of the molecule is CC[C@@H]1CN(Cc2cc([C@H](CCC3=CN(CC)NN3)C(C)(C)C(=O)O)sc2C)S(=O)(=O)C2=C/C=C\CCC/C=C\2O1. The molecule has 0 spiro atoms. The number of carboxylic acid groups (broad SMARTS) is 1. The topological polar surface area (TPSA) is 111 Å². The summed E-state index contributed by atoms with van der Waals surface area (Å²) in [6.07, 6.45) is 13.7. The van der Waals surface area contributed by atoms with Crippen LogP contribution in [0.25, 0.3) is 0 Å². The first-order valence-electron chi connectivity index (χ1n) is 14.5. The number of aliphatic carboxylic acids is 1. The minimum Gasteiger partial charge on any atom is -0.488 e. The molecule has 0 saturated carbocycles. The summed E-state index contributed by atoms with van der Waals surface area (Å²) >= 11 is 1.57. The van der Waals surface area contributed by atoms with Gasteiger partial charge in [0.25, 0.3) is 0 Å². The van der Waals surface area contributed by atoms with Gasteiger partial charge in [-0.15, -0.1) is 16.9 Å². The number of carbonyl (C=O) groups is 1. The van der Waals surface area contributed by atoms with Crippen molar-refractivity contribution in [2.45, 2.75) is 91.7 Å². The second kappa shape index (κ2) is 13.1. The van der Waals surface area contributed by atoms with Crippen LogP contribution in [0, 0.1) is 12.3 Å². The zero-order chi connectivity index (χ0) is 29.8. The average molecular weight is 605 g/mol. The number of hydrogen-bond donors (Lipinski definition) is 3. The molecule has 226 valence electrons. The van der Waals surface area contributed by atoms with E-state index >= 15 is 0 Å². The van der Waals surface area contributed by atoms with E-state index in [1.165, 1.54) is 4.31 Å². The van der Waals surface area contributed by atoms with Gasteiger partial charge in [-0.3, -0.25) is 9.80 Å². The first-order valence-corrected chi connectivity index (χ1v) is 16.8. The molecule has 1 aromatic rings. The maximum Gasteiger partial charge on any atom is 0.309 e. The van der Waals surface area contributed by atoms with Crippen LogP contribution in [0.15, 0.2) is 52.9 Å². The van der Waals surface area contributed by atoms with Gasteiger partial charge in [0.1, 0.15) is 16.8 Å². The first-order chi connectivity index (χ1) is 19.5. The van der Waals surface area contributed by atoms with Crippen molar-refractivity contribution in [1.82, 2.24) is 20.3 Å². The number of fused-ring (bicyclic) bond motifs is 1. The van der Waals surface area contributed by atoms with Crippen LogP contribution < -0.4 is 11.0 Å². The zero-order valence-electron chi connectivity index (χ0n) is 24.8. The van der Waals surface area contributed by atoms with Crippen LogP contribution in [0.5, 0.6) is 0 Å². The maximum absolute atomic E-state index is 14.0. The van der Waals surface area contributed by atoms with Gasteiger partial charge in [-0.05, 0) is 90.0 Å². The predicted octanol–water partition coefficient (Wildman–Crippen LogP) is 5.67. The van der Waals surface area contributed by atoms with Gasteiger partial charge < -0.3 is 15.3 Å². The number of nitrogens with one attached hydrogen (secondary N) is 2. The third-order valence-electron chi connectivity index (χ3n) is 8.17. The lowest BCUT2D eigenvalue weighted by molar-refractivity contribution is -0.148. The Bertz CT molecular complexity index is 1340. The second-order valence-electron chi connectivity index (χ2n) is 11.4. The molecular weight excluding hydrogens is 560 g/mol. The molecule has 0 unspecified atom stereocenters. The van der Waals surface area contributed by atoms with Crippen molar-refractivity contribution in [3.05, 3.63) is 68.2 Å². The number of ether oxygens (including phenoxy) is 1. The molecule has 1 aliphatic carbocycles. The fourth-order valence-electron chi connectivity index (χ4n) is 5.33. The standard InChI is InChI=1S/C30H44N4O5S2/c1-6-24-20-34(41(37,38)28-14-12-10-8-9-11-13-26(28)39-24)18-22-17-27(40-21(22)3)25(30(4,5)29(35)36)16-15-23-19-33(7-2)32-31-23/h10,12-14,17,19,24-25,31-32H,6-9,11,15-16,18,20H2,1-5H3,(H,35,36)/b12-10-,26-13+,28-14+/t24-,25+/m1/s1. The van der Waals surface area contributed by atoms with E-state index in [9.17, 15) is 18.3 Å². The summed E-state index contributed by atoms with van der Waals surface area (Å²) in [5, 5.41) is 12.1. The van der Waals surface area contributed by atoms with Gasteiger partial charge in [-0.2, -0.15) is 4.31 Å². The molecular formula is C30H44N4O5S2. The van der Waals surface area contributed by atoms with Crippen molar-refractivity contribution < 1.29 is 23.1 Å². The maximum atomic E-state index is 14.0. The summed E-state index contributed by atoms with van der Waals surface area (Å²) in [5.74, 6) is -0.655. The molecule has 2 aliphatic heterocycles. The van der Waals surface area contributed by atoms with Crippen LogP contribution >= 0.6 is 11.3 Å². The van der Waals surface area contributed by atoms with E-state index in [1.807, 2.05) is 56.3 Å². The molecule has 1 saturated heterocycles. The molecule has 0 bridgehead atoms. The fourth-order valence-corrected chi connectivity index (χ4v) is 8.28. The van der Waals surface area contributed by atoms with E-state index in [1.54, 1.807) is 31.3 Å². The summed E-state index contributed by atoms with van der Waals surface area (Å²) in [6, 6.07) is 2.03. The molecule has 2 atom stereocenters. The van der Waals surface area contributed by atoms with Crippen LogP contribution in [-0.4, -0.2) is 48.0 Å². The number of thiophene rings is 1. The summed E-state index contributed by atoms with van der Waals surface area (Å²) in [7, 11) is -3.82. The Morgan fingerprint density at radius 3 is 2.76 bits per heavy atom. The molecule has 0 aromatic carbocycles. The predicted molar refractivity (Wildman–Crippen MR) is 163 cm³/mol. The third-order valence-corrected chi connectivity index (χ3v) is 11.2. The van der Waals surface area contributed by atoms with Gasteiger partial charge in [0, 0.05) is 40.7 Å². The molecule has 4 rings (SSSR count). The van der Waals surface area contributed by atoms with Crippen LogP contribution in [0.1, 0.15) is 87.5 Å². The highest BCUT2D eigenvalue weighted by molar-refractivity contribution is 7.93. The number of hydrazine groups is 2. The first kappa shape index (κ1) is 31.3. The average Bonchev–Trinajstić information content (AvgIpc) is 3.54. The van der Waals surface area contributed by atoms with E-state index in [0.29, 0.717) is 25.0 Å². The Morgan fingerprint density at radius 2 is 2.07 bits per heavy atom. The summed E-state index contributed by atoms with van der Waals surface area (Å²) in [4.78, 5) is 14.5. The summed E-state index contributed by atoms with van der Waals surface area (Å²) < 4.78 is 35.8. The van der Waals surface area contributed by atoms with Gasteiger partial charge in [-0.25, -0.2) is 8.42 Å². The number of hydrogen-bond acceptors (Lipinski definition) is 8. The minimum absolute atomic E-state index is 0.205. The van der Waals surface area contributed by atoms with E-state index in [4.69, 9.17) is 4.74 Å². The highest BCUT2D eigenvalue weighted by Gasteiger charge is 2.40. The van der Waals surface area contributed by atoms with E-state index < -0.39 is 21.4 Å². The Balaban J connectivity index is 1.64. The molecule has 1 fully saturated rings. The lowest BCUT2D eigenvalue weighted by Gasteiger charge is -2.30.